The monoisotopic (exact) mass is 270 g/mol. The minimum Gasteiger partial charge on any atom is -0.481 e. The number of carboxylic acid groups (broad SMARTS) is 2. The zero-order chi connectivity index (χ0) is 14.3. The third kappa shape index (κ3) is 5.21. The summed E-state index contributed by atoms with van der Waals surface area (Å²) in [6.45, 7) is 2.15. The van der Waals surface area contributed by atoms with E-state index in [1.807, 2.05) is 0 Å². The van der Waals surface area contributed by atoms with Crippen molar-refractivity contribution in [1.82, 2.24) is 0 Å². The average molecular weight is 270 g/mol. The van der Waals surface area contributed by atoms with Gasteiger partial charge in [0, 0.05) is 6.42 Å². The number of hydrogen-bond acceptors (Lipinski definition) is 2. The molecule has 0 saturated heterocycles. The third-order valence-corrected chi connectivity index (χ3v) is 4.64. The third-order valence-electron chi connectivity index (χ3n) is 4.64. The van der Waals surface area contributed by atoms with Gasteiger partial charge in [0.1, 0.15) is 0 Å². The van der Waals surface area contributed by atoms with Gasteiger partial charge in [-0.2, -0.15) is 0 Å². The van der Waals surface area contributed by atoms with E-state index >= 15 is 0 Å². The van der Waals surface area contributed by atoms with Gasteiger partial charge in [0.25, 0.3) is 0 Å². The van der Waals surface area contributed by atoms with Crippen LogP contribution in [0.1, 0.15) is 71.1 Å². The molecule has 4 nitrogen and oxygen atoms in total. The van der Waals surface area contributed by atoms with Crippen LogP contribution in [0.15, 0.2) is 0 Å². The Morgan fingerprint density at radius 1 is 1.16 bits per heavy atom. The number of hydrogen-bond donors (Lipinski definition) is 2. The predicted molar refractivity (Wildman–Crippen MR) is 73.0 cm³/mol. The van der Waals surface area contributed by atoms with Gasteiger partial charge in [-0.1, -0.05) is 32.6 Å². The lowest BCUT2D eigenvalue weighted by Gasteiger charge is -2.38. The highest BCUT2D eigenvalue weighted by Crippen LogP contribution is 2.44. The van der Waals surface area contributed by atoms with Crippen molar-refractivity contribution in [2.45, 2.75) is 71.1 Å². The molecular formula is C15H26O4. The zero-order valence-electron chi connectivity index (χ0n) is 11.9. The summed E-state index contributed by atoms with van der Waals surface area (Å²) in [7, 11) is 0. The van der Waals surface area contributed by atoms with Crippen molar-refractivity contribution in [1.29, 1.82) is 0 Å². The van der Waals surface area contributed by atoms with E-state index < -0.39 is 11.9 Å². The Morgan fingerprint density at radius 2 is 1.79 bits per heavy atom. The quantitative estimate of drug-likeness (QED) is 0.705. The minimum absolute atomic E-state index is 0.0723. The van der Waals surface area contributed by atoms with Crippen molar-refractivity contribution in [2.24, 2.45) is 11.3 Å². The highest BCUT2D eigenvalue weighted by molar-refractivity contribution is 5.70. The molecule has 0 heterocycles. The summed E-state index contributed by atoms with van der Waals surface area (Å²) in [4.78, 5) is 21.9. The number of carboxylic acids is 2. The van der Waals surface area contributed by atoms with Gasteiger partial charge in [-0.3, -0.25) is 9.59 Å². The van der Waals surface area contributed by atoms with Crippen molar-refractivity contribution in [3.63, 3.8) is 0 Å². The van der Waals surface area contributed by atoms with Crippen molar-refractivity contribution in [2.75, 3.05) is 0 Å². The van der Waals surface area contributed by atoms with Gasteiger partial charge in [-0.15, -0.1) is 0 Å². The summed E-state index contributed by atoms with van der Waals surface area (Å²) in [6, 6.07) is 0. The average Bonchev–Trinajstić information content (AvgIpc) is 2.38. The van der Waals surface area contributed by atoms with E-state index in [1.54, 1.807) is 0 Å². The molecule has 0 aromatic carbocycles. The largest absolute Gasteiger partial charge is 0.481 e. The first-order valence-electron chi connectivity index (χ1n) is 7.44. The van der Waals surface area contributed by atoms with E-state index in [9.17, 15) is 14.7 Å². The second-order valence-corrected chi connectivity index (χ2v) is 5.94. The van der Waals surface area contributed by atoms with Crippen molar-refractivity contribution < 1.29 is 19.8 Å². The van der Waals surface area contributed by atoms with Gasteiger partial charge in [-0.25, -0.2) is 0 Å². The summed E-state index contributed by atoms with van der Waals surface area (Å²) in [5, 5.41) is 18.0. The Morgan fingerprint density at radius 3 is 2.26 bits per heavy atom. The Balaban J connectivity index is 2.55. The van der Waals surface area contributed by atoms with Gasteiger partial charge < -0.3 is 10.2 Å². The lowest BCUT2D eigenvalue weighted by molar-refractivity contribution is -0.144. The first-order valence-corrected chi connectivity index (χ1v) is 7.44. The SMILES string of the molecule is CCC1(CC(CCCC(=O)O)C(=O)O)CCCCC1. The number of carbonyl (C=O) groups is 2. The lowest BCUT2D eigenvalue weighted by Crippen LogP contribution is -2.29. The molecule has 0 aromatic rings. The van der Waals surface area contributed by atoms with E-state index in [1.165, 1.54) is 19.3 Å². The molecule has 0 aromatic heterocycles. The highest BCUT2D eigenvalue weighted by atomic mass is 16.4. The van der Waals surface area contributed by atoms with Crippen LogP contribution < -0.4 is 0 Å². The first-order chi connectivity index (χ1) is 8.99. The van der Waals surface area contributed by atoms with Crippen molar-refractivity contribution >= 4 is 11.9 Å². The maximum Gasteiger partial charge on any atom is 0.306 e. The van der Waals surface area contributed by atoms with E-state index in [0.717, 1.165) is 25.7 Å². The van der Waals surface area contributed by atoms with Crippen LogP contribution in [0.3, 0.4) is 0 Å². The molecular weight excluding hydrogens is 244 g/mol. The molecule has 2 N–H and O–H groups in total. The van der Waals surface area contributed by atoms with E-state index in [-0.39, 0.29) is 17.8 Å². The molecule has 4 heteroatoms. The van der Waals surface area contributed by atoms with Crippen LogP contribution in [0.4, 0.5) is 0 Å². The molecule has 1 fully saturated rings. The molecule has 1 saturated carbocycles. The van der Waals surface area contributed by atoms with Crippen LogP contribution in [0.25, 0.3) is 0 Å². The fourth-order valence-corrected chi connectivity index (χ4v) is 3.34. The summed E-state index contributed by atoms with van der Waals surface area (Å²) in [5.74, 6) is -1.98. The van der Waals surface area contributed by atoms with E-state index in [0.29, 0.717) is 12.8 Å². The molecule has 0 radical (unpaired) electrons. The Kier molecular flexibility index (Phi) is 6.32. The fourth-order valence-electron chi connectivity index (χ4n) is 3.34. The molecule has 0 bridgehead atoms. The normalized spacial score (nSPS) is 19.8. The summed E-state index contributed by atoms with van der Waals surface area (Å²) >= 11 is 0. The van der Waals surface area contributed by atoms with Gasteiger partial charge in [0.05, 0.1) is 5.92 Å². The van der Waals surface area contributed by atoms with Crippen LogP contribution in [0, 0.1) is 11.3 Å². The second kappa shape index (κ2) is 7.51. The number of rotatable bonds is 8. The van der Waals surface area contributed by atoms with Crippen molar-refractivity contribution in [3.05, 3.63) is 0 Å². The maximum atomic E-state index is 11.4. The molecule has 0 aliphatic heterocycles. The molecule has 1 aliphatic rings. The predicted octanol–water partition coefficient (Wildman–Crippen LogP) is 3.69. The Labute approximate surface area is 115 Å². The molecule has 19 heavy (non-hydrogen) atoms. The topological polar surface area (TPSA) is 74.6 Å². The van der Waals surface area contributed by atoms with Gasteiger partial charge >= 0.3 is 11.9 Å². The van der Waals surface area contributed by atoms with Crippen LogP contribution >= 0.6 is 0 Å². The van der Waals surface area contributed by atoms with Crippen molar-refractivity contribution in [3.8, 4) is 0 Å². The lowest BCUT2D eigenvalue weighted by atomic mass is 9.67. The Hall–Kier alpha value is -1.06. The molecule has 110 valence electrons. The molecule has 1 rings (SSSR count). The van der Waals surface area contributed by atoms with Crippen LogP contribution in [-0.4, -0.2) is 22.2 Å². The fraction of sp³-hybridized carbons (Fsp3) is 0.867. The zero-order valence-corrected chi connectivity index (χ0v) is 11.9. The standard InChI is InChI=1S/C15H26O4/c1-2-15(9-4-3-5-10-15)11-12(14(18)19)7-6-8-13(16)17/h12H,2-11H2,1H3,(H,16,17)(H,18,19). The molecule has 0 spiro atoms. The molecule has 1 atom stereocenters. The summed E-state index contributed by atoms with van der Waals surface area (Å²) in [5.41, 5.74) is 0.185. The van der Waals surface area contributed by atoms with Crippen LogP contribution in [0.5, 0.6) is 0 Å². The highest BCUT2D eigenvalue weighted by Gasteiger charge is 2.34. The van der Waals surface area contributed by atoms with Gasteiger partial charge in [0.15, 0.2) is 0 Å². The van der Waals surface area contributed by atoms with E-state index in [2.05, 4.69) is 6.92 Å². The molecule has 1 unspecified atom stereocenters. The second-order valence-electron chi connectivity index (χ2n) is 5.94. The molecule has 1 aliphatic carbocycles. The maximum absolute atomic E-state index is 11.4. The van der Waals surface area contributed by atoms with Gasteiger partial charge in [0.2, 0.25) is 0 Å². The smallest absolute Gasteiger partial charge is 0.306 e. The minimum atomic E-state index is -0.841. The van der Waals surface area contributed by atoms with Crippen LogP contribution in [0.2, 0.25) is 0 Å². The number of aliphatic carboxylic acids is 2. The summed E-state index contributed by atoms with van der Waals surface area (Å²) < 4.78 is 0. The summed E-state index contributed by atoms with van der Waals surface area (Å²) in [6.07, 6.45) is 8.72. The van der Waals surface area contributed by atoms with Crippen LogP contribution in [-0.2, 0) is 9.59 Å². The first kappa shape index (κ1) is 16.0. The Bertz CT molecular complexity index is 305. The van der Waals surface area contributed by atoms with Gasteiger partial charge in [-0.05, 0) is 37.5 Å². The van der Waals surface area contributed by atoms with E-state index in [4.69, 9.17) is 5.11 Å². The molecule has 0 amide bonds.